The molecule has 1 amide bonds. The van der Waals surface area contributed by atoms with Gasteiger partial charge in [0.1, 0.15) is 5.69 Å². The van der Waals surface area contributed by atoms with Gasteiger partial charge < -0.3 is 15.5 Å². The molecule has 3 N–H and O–H groups in total. The molecule has 1 aromatic heterocycles. The van der Waals surface area contributed by atoms with Crippen LogP contribution >= 0.6 is 0 Å². The van der Waals surface area contributed by atoms with Crippen molar-refractivity contribution in [2.24, 2.45) is 11.0 Å². The SMILES string of the molecule is CNc1cc(C2=C[C@@H]3CC3c3ncc(C(=O)NC4CCN(C)CC4)cc32)ccc1N=N. The highest BCUT2D eigenvalue weighted by Crippen LogP contribution is 2.55. The summed E-state index contributed by atoms with van der Waals surface area (Å²) >= 11 is 0. The number of hydrogen-bond acceptors (Lipinski definition) is 6. The van der Waals surface area contributed by atoms with Crippen LogP contribution in [0.1, 0.15) is 52.4 Å². The monoisotopic (exact) mass is 416 g/mol. The lowest BCUT2D eigenvalue weighted by Crippen LogP contribution is -2.43. The maximum Gasteiger partial charge on any atom is 0.253 e. The summed E-state index contributed by atoms with van der Waals surface area (Å²) in [4.78, 5) is 20.0. The Morgan fingerprint density at radius 1 is 1.26 bits per heavy atom. The van der Waals surface area contributed by atoms with Gasteiger partial charge in [0.25, 0.3) is 5.91 Å². The number of carbonyl (C=O) groups is 1. The van der Waals surface area contributed by atoms with E-state index < -0.39 is 0 Å². The van der Waals surface area contributed by atoms with Gasteiger partial charge in [0, 0.05) is 30.8 Å². The average molecular weight is 417 g/mol. The molecular weight excluding hydrogens is 388 g/mol. The van der Waals surface area contributed by atoms with Gasteiger partial charge in [0.2, 0.25) is 0 Å². The molecule has 7 heteroatoms. The number of nitrogens with zero attached hydrogens (tertiary/aromatic N) is 3. The van der Waals surface area contributed by atoms with Crippen LogP contribution in [0.3, 0.4) is 0 Å². The van der Waals surface area contributed by atoms with Crippen molar-refractivity contribution in [2.45, 2.75) is 31.2 Å². The molecule has 1 aliphatic heterocycles. The Morgan fingerprint density at radius 2 is 2.06 bits per heavy atom. The normalized spacial score (nSPS) is 22.7. The lowest BCUT2D eigenvalue weighted by atomic mass is 9.88. The van der Waals surface area contributed by atoms with Gasteiger partial charge in [-0.05, 0) is 74.7 Å². The van der Waals surface area contributed by atoms with Gasteiger partial charge in [-0.1, -0.05) is 12.1 Å². The molecule has 1 saturated heterocycles. The first-order valence-electron chi connectivity index (χ1n) is 11.0. The van der Waals surface area contributed by atoms with Crippen LogP contribution in [0.5, 0.6) is 0 Å². The molecule has 0 spiro atoms. The molecule has 2 atom stereocenters. The van der Waals surface area contributed by atoms with E-state index in [1.807, 2.05) is 31.3 Å². The number of rotatable bonds is 5. The predicted molar refractivity (Wildman–Crippen MR) is 121 cm³/mol. The third-order valence-electron chi connectivity index (χ3n) is 6.79. The fraction of sp³-hybridized carbons (Fsp3) is 0.417. The number of pyridine rings is 1. The minimum absolute atomic E-state index is 0.0404. The van der Waals surface area contributed by atoms with Crippen LogP contribution in [0.4, 0.5) is 11.4 Å². The number of likely N-dealkylation sites (tertiary alicyclic amines) is 1. The molecule has 7 nitrogen and oxygen atoms in total. The minimum atomic E-state index is -0.0404. The summed E-state index contributed by atoms with van der Waals surface area (Å²) in [5.74, 6) is 0.949. The van der Waals surface area contributed by atoms with Gasteiger partial charge in [-0.2, -0.15) is 5.11 Å². The third-order valence-corrected chi connectivity index (χ3v) is 6.79. The number of fused-ring (bicyclic) bond motifs is 3. The predicted octanol–water partition coefficient (Wildman–Crippen LogP) is 4.16. The van der Waals surface area contributed by atoms with E-state index in [-0.39, 0.29) is 11.9 Å². The second-order valence-corrected chi connectivity index (χ2v) is 8.89. The molecule has 2 fully saturated rings. The maximum atomic E-state index is 13.0. The first-order valence-corrected chi connectivity index (χ1v) is 11.0. The van der Waals surface area contributed by atoms with Gasteiger partial charge >= 0.3 is 0 Å². The van der Waals surface area contributed by atoms with Crippen LogP contribution in [-0.4, -0.2) is 49.0 Å². The van der Waals surface area contributed by atoms with Crippen molar-refractivity contribution in [1.29, 1.82) is 5.53 Å². The van der Waals surface area contributed by atoms with Crippen molar-refractivity contribution in [3.63, 3.8) is 0 Å². The summed E-state index contributed by atoms with van der Waals surface area (Å²) in [5.41, 5.74) is 13.7. The second-order valence-electron chi connectivity index (χ2n) is 8.89. The highest BCUT2D eigenvalue weighted by Gasteiger charge is 2.43. The standard InChI is InChI=1S/C24H28N6O/c1-26-22-12-14(3-4-21(22)29-25)18-9-15-10-19(15)23-20(18)11-16(13-27-23)24(31)28-17-5-7-30(2)8-6-17/h3-4,9,11-13,15,17,19,25-26H,5-8,10H2,1-2H3,(H,28,31)/t15-,19?/m1/s1. The summed E-state index contributed by atoms with van der Waals surface area (Å²) in [6.45, 7) is 2.02. The summed E-state index contributed by atoms with van der Waals surface area (Å²) in [5, 5.41) is 9.92. The molecule has 1 unspecified atom stereocenters. The number of benzene rings is 1. The number of carbonyl (C=O) groups excluding carboxylic acids is 1. The maximum absolute atomic E-state index is 13.0. The highest BCUT2D eigenvalue weighted by atomic mass is 16.1. The lowest BCUT2D eigenvalue weighted by Gasteiger charge is -2.29. The van der Waals surface area contributed by atoms with E-state index in [1.54, 1.807) is 6.20 Å². The van der Waals surface area contributed by atoms with Crippen molar-refractivity contribution >= 4 is 22.9 Å². The molecule has 31 heavy (non-hydrogen) atoms. The average Bonchev–Trinajstić information content (AvgIpc) is 3.59. The van der Waals surface area contributed by atoms with Crippen LogP contribution in [0, 0.1) is 11.4 Å². The van der Waals surface area contributed by atoms with E-state index in [9.17, 15) is 4.79 Å². The van der Waals surface area contributed by atoms with Gasteiger partial charge in [-0.25, -0.2) is 5.53 Å². The van der Waals surface area contributed by atoms with E-state index in [1.165, 1.54) is 0 Å². The summed E-state index contributed by atoms with van der Waals surface area (Å²) < 4.78 is 0. The summed E-state index contributed by atoms with van der Waals surface area (Å²) in [7, 11) is 3.95. The van der Waals surface area contributed by atoms with E-state index in [0.717, 1.165) is 60.4 Å². The fourth-order valence-electron chi connectivity index (χ4n) is 4.80. The van der Waals surface area contributed by atoms with Gasteiger partial charge in [0.05, 0.1) is 16.9 Å². The Hall–Kier alpha value is -3.06. The Balaban J connectivity index is 1.45. The number of anilines is 1. The molecule has 2 heterocycles. The zero-order valence-electron chi connectivity index (χ0n) is 18.0. The van der Waals surface area contributed by atoms with Gasteiger partial charge in [-0.15, -0.1) is 0 Å². The molecular formula is C24H28N6O. The van der Waals surface area contributed by atoms with Crippen molar-refractivity contribution < 1.29 is 4.79 Å². The number of aromatic nitrogens is 1. The third kappa shape index (κ3) is 3.74. The van der Waals surface area contributed by atoms with Gasteiger partial charge in [0.15, 0.2) is 0 Å². The molecule has 2 aromatic rings. The number of nitrogens with one attached hydrogen (secondary N) is 3. The Kier molecular flexibility index (Phi) is 5.06. The molecule has 3 aliphatic rings. The van der Waals surface area contributed by atoms with Crippen molar-refractivity contribution in [3.8, 4) is 0 Å². The first-order chi connectivity index (χ1) is 15.1. The Morgan fingerprint density at radius 3 is 2.81 bits per heavy atom. The van der Waals surface area contributed by atoms with Crippen LogP contribution < -0.4 is 10.6 Å². The van der Waals surface area contributed by atoms with Crippen LogP contribution in [0.15, 0.2) is 41.7 Å². The zero-order valence-corrected chi connectivity index (χ0v) is 18.0. The zero-order chi connectivity index (χ0) is 21.5. The van der Waals surface area contributed by atoms with Crippen LogP contribution in [0.25, 0.3) is 5.57 Å². The molecule has 0 radical (unpaired) electrons. The molecule has 160 valence electrons. The fourth-order valence-corrected chi connectivity index (χ4v) is 4.80. The van der Waals surface area contributed by atoms with E-state index >= 15 is 0 Å². The topological polar surface area (TPSA) is 93.5 Å². The van der Waals surface area contributed by atoms with Gasteiger partial charge in [-0.3, -0.25) is 9.78 Å². The lowest BCUT2D eigenvalue weighted by molar-refractivity contribution is 0.0916. The number of amides is 1. The van der Waals surface area contributed by atoms with E-state index in [4.69, 9.17) is 10.5 Å². The first kappa shape index (κ1) is 19.9. The summed E-state index contributed by atoms with van der Waals surface area (Å²) in [6, 6.07) is 8.11. The molecule has 0 bridgehead atoms. The van der Waals surface area contributed by atoms with Crippen molar-refractivity contribution in [1.82, 2.24) is 15.2 Å². The van der Waals surface area contributed by atoms with E-state index in [2.05, 4.69) is 33.8 Å². The van der Waals surface area contributed by atoms with Crippen molar-refractivity contribution in [2.75, 3.05) is 32.5 Å². The number of hydrogen-bond donors (Lipinski definition) is 3. The molecule has 2 aliphatic carbocycles. The number of allylic oxidation sites excluding steroid dienone is 1. The van der Waals surface area contributed by atoms with Crippen LogP contribution in [-0.2, 0) is 0 Å². The number of piperidine rings is 1. The van der Waals surface area contributed by atoms with Crippen LogP contribution in [0.2, 0.25) is 0 Å². The van der Waals surface area contributed by atoms with Crippen molar-refractivity contribution in [3.05, 3.63) is 58.9 Å². The van der Waals surface area contributed by atoms with E-state index in [0.29, 0.717) is 23.1 Å². The summed E-state index contributed by atoms with van der Waals surface area (Å²) in [6.07, 6.45) is 7.14. The Labute approximate surface area is 182 Å². The largest absolute Gasteiger partial charge is 0.386 e. The second kappa shape index (κ2) is 7.89. The quantitative estimate of drug-likeness (QED) is 0.638. The molecule has 1 saturated carbocycles. The Bertz CT molecular complexity index is 1070. The minimum Gasteiger partial charge on any atom is -0.386 e. The molecule has 1 aromatic carbocycles. The highest BCUT2D eigenvalue weighted by molar-refractivity contribution is 5.96. The molecule has 5 rings (SSSR count). The smallest absolute Gasteiger partial charge is 0.253 e.